The molecule has 0 amide bonds. The molecule has 0 unspecified atom stereocenters. The molecule has 1 aromatic carbocycles. The summed E-state index contributed by atoms with van der Waals surface area (Å²) in [6.45, 7) is 2.75. The molecule has 2 aromatic rings. The third kappa shape index (κ3) is 3.01. The van der Waals surface area contributed by atoms with Crippen LogP contribution < -0.4 is 0 Å². The van der Waals surface area contributed by atoms with Gasteiger partial charge in [-0.2, -0.15) is 4.31 Å². The van der Waals surface area contributed by atoms with E-state index in [9.17, 15) is 8.42 Å². The summed E-state index contributed by atoms with van der Waals surface area (Å²) in [5.74, 6) is 0.643. The number of ether oxygens (including phenoxy) is 1. The molecule has 0 spiro atoms. The van der Waals surface area contributed by atoms with E-state index < -0.39 is 10.0 Å². The van der Waals surface area contributed by atoms with Crippen LogP contribution in [-0.2, 0) is 14.8 Å². The lowest BCUT2D eigenvalue weighted by Crippen LogP contribution is -2.42. The molecule has 1 aromatic heterocycles. The predicted molar refractivity (Wildman–Crippen MR) is 80.7 cm³/mol. The second-order valence-electron chi connectivity index (χ2n) is 5.06. The van der Waals surface area contributed by atoms with E-state index in [-0.39, 0.29) is 12.6 Å². The van der Waals surface area contributed by atoms with Crippen LogP contribution in [0.2, 0.25) is 0 Å². The number of rotatable bonds is 3. The van der Waals surface area contributed by atoms with Gasteiger partial charge in [0.1, 0.15) is 11.9 Å². The zero-order chi connectivity index (χ0) is 15.6. The number of aromatic nitrogens is 2. The topological polar surface area (TPSA) is 72.4 Å². The Morgan fingerprint density at radius 1 is 1.23 bits per heavy atom. The number of hydrogen-bond acceptors (Lipinski definition) is 5. The smallest absolute Gasteiger partial charge is 0.243 e. The average Bonchev–Trinajstić information content (AvgIpc) is 2.56. The first-order chi connectivity index (χ1) is 10.6. The number of aryl methyl sites for hydroxylation is 1. The van der Waals surface area contributed by atoms with Crippen LogP contribution >= 0.6 is 0 Å². The summed E-state index contributed by atoms with van der Waals surface area (Å²) in [6, 6.07) is 10.2. The van der Waals surface area contributed by atoms with E-state index >= 15 is 0 Å². The summed E-state index contributed by atoms with van der Waals surface area (Å²) in [5, 5.41) is 0. The Morgan fingerprint density at radius 2 is 2.00 bits per heavy atom. The molecule has 1 aliphatic rings. The van der Waals surface area contributed by atoms with Gasteiger partial charge in [0.15, 0.2) is 0 Å². The van der Waals surface area contributed by atoms with Crippen molar-refractivity contribution in [2.24, 2.45) is 0 Å². The Hall–Kier alpha value is -1.83. The molecule has 116 valence electrons. The van der Waals surface area contributed by atoms with Gasteiger partial charge < -0.3 is 4.74 Å². The molecular formula is C15H17N3O3S. The molecule has 1 atom stereocenters. The Labute approximate surface area is 129 Å². The van der Waals surface area contributed by atoms with Crippen molar-refractivity contribution in [1.82, 2.24) is 14.3 Å². The highest BCUT2D eigenvalue weighted by Crippen LogP contribution is 2.25. The largest absolute Gasteiger partial charge is 0.369 e. The van der Waals surface area contributed by atoms with E-state index in [2.05, 4.69) is 9.97 Å². The minimum atomic E-state index is -3.50. The number of benzene rings is 1. The molecule has 0 aliphatic carbocycles. The van der Waals surface area contributed by atoms with Crippen molar-refractivity contribution < 1.29 is 13.2 Å². The lowest BCUT2D eigenvalue weighted by Gasteiger charge is -2.31. The maximum absolute atomic E-state index is 12.7. The molecule has 3 rings (SSSR count). The van der Waals surface area contributed by atoms with Crippen LogP contribution in [0.5, 0.6) is 0 Å². The third-order valence-electron chi connectivity index (χ3n) is 3.54. The Morgan fingerprint density at radius 3 is 2.73 bits per heavy atom. The summed E-state index contributed by atoms with van der Waals surface area (Å²) in [5.41, 5.74) is 0.709. The zero-order valence-electron chi connectivity index (χ0n) is 12.2. The lowest BCUT2D eigenvalue weighted by atomic mass is 10.2. The number of morpholine rings is 1. The summed E-state index contributed by atoms with van der Waals surface area (Å²) in [7, 11) is -3.50. The third-order valence-corrected chi connectivity index (χ3v) is 5.42. The normalized spacial score (nSPS) is 20.0. The quantitative estimate of drug-likeness (QED) is 0.858. The van der Waals surface area contributed by atoms with Gasteiger partial charge in [-0.15, -0.1) is 0 Å². The van der Waals surface area contributed by atoms with Gasteiger partial charge >= 0.3 is 0 Å². The van der Waals surface area contributed by atoms with E-state index in [4.69, 9.17) is 4.74 Å². The minimum Gasteiger partial charge on any atom is -0.369 e. The van der Waals surface area contributed by atoms with Gasteiger partial charge in [0.2, 0.25) is 10.0 Å². The van der Waals surface area contributed by atoms with Crippen LogP contribution in [0.3, 0.4) is 0 Å². The van der Waals surface area contributed by atoms with Gasteiger partial charge in [-0.25, -0.2) is 18.4 Å². The highest BCUT2D eigenvalue weighted by atomic mass is 32.2. The number of nitrogens with zero attached hydrogens (tertiary/aromatic N) is 3. The van der Waals surface area contributed by atoms with Gasteiger partial charge in [-0.05, 0) is 25.1 Å². The Balaban J connectivity index is 1.84. The lowest BCUT2D eigenvalue weighted by molar-refractivity contribution is -0.00509. The average molecular weight is 319 g/mol. The van der Waals surface area contributed by atoms with Crippen molar-refractivity contribution in [2.75, 3.05) is 19.7 Å². The summed E-state index contributed by atoms with van der Waals surface area (Å²) in [6.07, 6.45) is 1.29. The van der Waals surface area contributed by atoms with Gasteiger partial charge in [0, 0.05) is 19.3 Å². The SMILES string of the molecule is Cc1nccc([C@@H]2CN(S(=O)(=O)c3ccccc3)CCO2)n1. The Bertz CT molecular complexity index is 750. The van der Waals surface area contributed by atoms with E-state index in [1.807, 2.05) is 0 Å². The van der Waals surface area contributed by atoms with Crippen LogP contribution in [0, 0.1) is 6.92 Å². The van der Waals surface area contributed by atoms with Crippen molar-refractivity contribution in [1.29, 1.82) is 0 Å². The zero-order valence-corrected chi connectivity index (χ0v) is 13.0. The monoisotopic (exact) mass is 319 g/mol. The van der Waals surface area contributed by atoms with E-state index in [0.717, 1.165) is 0 Å². The molecule has 0 saturated carbocycles. The minimum absolute atomic E-state index is 0.258. The molecule has 1 fully saturated rings. The Kier molecular flexibility index (Phi) is 4.19. The van der Waals surface area contributed by atoms with Crippen molar-refractivity contribution in [3.05, 3.63) is 54.1 Å². The molecule has 7 heteroatoms. The molecule has 1 aliphatic heterocycles. The van der Waals surface area contributed by atoms with E-state index in [1.54, 1.807) is 49.5 Å². The van der Waals surface area contributed by atoms with Crippen LogP contribution in [0.25, 0.3) is 0 Å². The number of hydrogen-bond donors (Lipinski definition) is 0. The van der Waals surface area contributed by atoms with E-state index in [1.165, 1.54) is 4.31 Å². The molecule has 0 radical (unpaired) electrons. The van der Waals surface area contributed by atoms with Crippen LogP contribution in [0.1, 0.15) is 17.6 Å². The van der Waals surface area contributed by atoms with Gasteiger partial charge in [0.05, 0.1) is 17.2 Å². The maximum Gasteiger partial charge on any atom is 0.243 e. The molecule has 1 saturated heterocycles. The molecule has 2 heterocycles. The maximum atomic E-state index is 12.7. The van der Waals surface area contributed by atoms with Gasteiger partial charge in [-0.3, -0.25) is 0 Å². The highest BCUT2D eigenvalue weighted by Gasteiger charge is 2.32. The fourth-order valence-electron chi connectivity index (χ4n) is 2.42. The van der Waals surface area contributed by atoms with Crippen molar-refractivity contribution in [3.63, 3.8) is 0 Å². The molecule has 0 bridgehead atoms. The van der Waals surface area contributed by atoms with Crippen LogP contribution in [-0.4, -0.2) is 42.4 Å². The first-order valence-electron chi connectivity index (χ1n) is 7.04. The molecule has 0 N–H and O–H groups in total. The number of sulfonamides is 1. The molecular weight excluding hydrogens is 302 g/mol. The fourth-order valence-corrected chi connectivity index (χ4v) is 3.86. The first-order valence-corrected chi connectivity index (χ1v) is 8.48. The van der Waals surface area contributed by atoms with Crippen LogP contribution in [0.15, 0.2) is 47.5 Å². The highest BCUT2D eigenvalue weighted by molar-refractivity contribution is 7.89. The molecule has 22 heavy (non-hydrogen) atoms. The first kappa shape index (κ1) is 15.1. The molecule has 6 nitrogen and oxygen atoms in total. The van der Waals surface area contributed by atoms with E-state index in [0.29, 0.717) is 29.6 Å². The standard InChI is InChI=1S/C15H17N3O3S/c1-12-16-8-7-14(17-12)15-11-18(9-10-21-15)22(19,20)13-5-3-2-4-6-13/h2-8,15H,9-11H2,1H3/t15-/m0/s1. The summed E-state index contributed by atoms with van der Waals surface area (Å²) >= 11 is 0. The second-order valence-corrected chi connectivity index (χ2v) is 7.00. The second kappa shape index (κ2) is 6.12. The van der Waals surface area contributed by atoms with Crippen molar-refractivity contribution in [2.45, 2.75) is 17.9 Å². The fraction of sp³-hybridized carbons (Fsp3) is 0.333. The van der Waals surface area contributed by atoms with Gasteiger partial charge in [-0.1, -0.05) is 18.2 Å². The predicted octanol–water partition coefficient (Wildman–Crippen LogP) is 1.55. The summed E-state index contributed by atoms with van der Waals surface area (Å²) in [4.78, 5) is 8.68. The van der Waals surface area contributed by atoms with Crippen molar-refractivity contribution >= 4 is 10.0 Å². The van der Waals surface area contributed by atoms with Crippen molar-refractivity contribution in [3.8, 4) is 0 Å². The summed E-state index contributed by atoms with van der Waals surface area (Å²) < 4.78 is 32.5. The van der Waals surface area contributed by atoms with Gasteiger partial charge in [0.25, 0.3) is 0 Å². The van der Waals surface area contributed by atoms with Crippen LogP contribution in [0.4, 0.5) is 0 Å².